The molecule has 2 amide bonds. The summed E-state index contributed by atoms with van der Waals surface area (Å²) in [6, 6.07) is 15.7. The maximum atomic E-state index is 12.7. The van der Waals surface area contributed by atoms with Crippen molar-refractivity contribution in [2.75, 3.05) is 13.7 Å². The zero-order valence-corrected chi connectivity index (χ0v) is 15.4. The van der Waals surface area contributed by atoms with E-state index in [1.54, 1.807) is 42.5 Å². The van der Waals surface area contributed by atoms with Gasteiger partial charge in [-0.15, -0.1) is 0 Å². The lowest BCUT2D eigenvalue weighted by molar-refractivity contribution is -0.305. The van der Waals surface area contributed by atoms with Crippen LogP contribution in [0.4, 0.5) is 0 Å². The van der Waals surface area contributed by atoms with Crippen LogP contribution in [0.2, 0.25) is 0 Å². The SMILES string of the molecule is COc1ccccc1C(=O)N/C(=C\c1ccccc1)C(=O)NCCCC(=O)[O-]. The second-order valence-corrected chi connectivity index (χ2v) is 5.85. The standard InChI is InChI=1S/C21H22N2O5/c1-28-18-11-6-5-10-16(18)20(26)23-17(14-15-8-3-2-4-9-15)21(27)22-13-7-12-19(24)25/h2-6,8-11,14H,7,12-13H2,1H3,(H,22,27)(H,23,26)(H,24,25)/p-1/b17-14-. The number of hydrogen-bond acceptors (Lipinski definition) is 5. The van der Waals surface area contributed by atoms with Crippen molar-refractivity contribution in [2.45, 2.75) is 12.8 Å². The number of ether oxygens (including phenoxy) is 1. The Bertz CT molecular complexity index is 862. The van der Waals surface area contributed by atoms with Crippen molar-refractivity contribution < 1.29 is 24.2 Å². The number of nitrogens with one attached hydrogen (secondary N) is 2. The zero-order valence-electron chi connectivity index (χ0n) is 15.4. The van der Waals surface area contributed by atoms with Gasteiger partial charge in [0, 0.05) is 12.5 Å². The van der Waals surface area contributed by atoms with Crippen LogP contribution in [0.25, 0.3) is 6.08 Å². The molecule has 0 aliphatic carbocycles. The minimum absolute atomic E-state index is 0.0376. The van der Waals surface area contributed by atoms with Crippen LogP contribution in [0.1, 0.15) is 28.8 Å². The van der Waals surface area contributed by atoms with Gasteiger partial charge < -0.3 is 25.3 Å². The number of hydrogen-bond donors (Lipinski definition) is 2. The van der Waals surface area contributed by atoms with Crippen molar-refractivity contribution in [3.8, 4) is 5.75 Å². The van der Waals surface area contributed by atoms with E-state index in [2.05, 4.69) is 10.6 Å². The first-order valence-corrected chi connectivity index (χ1v) is 8.70. The minimum atomic E-state index is -1.18. The van der Waals surface area contributed by atoms with E-state index in [1.807, 2.05) is 18.2 Å². The summed E-state index contributed by atoms with van der Waals surface area (Å²) >= 11 is 0. The molecule has 0 aliphatic heterocycles. The first-order chi connectivity index (χ1) is 13.5. The van der Waals surface area contributed by atoms with Gasteiger partial charge in [-0.1, -0.05) is 42.5 Å². The quantitative estimate of drug-likeness (QED) is 0.500. The van der Waals surface area contributed by atoms with Gasteiger partial charge in [-0.05, 0) is 36.6 Å². The van der Waals surface area contributed by atoms with E-state index in [9.17, 15) is 19.5 Å². The number of carbonyl (C=O) groups excluding carboxylic acids is 3. The molecule has 0 radical (unpaired) electrons. The Labute approximate surface area is 163 Å². The van der Waals surface area contributed by atoms with Gasteiger partial charge in [-0.25, -0.2) is 0 Å². The Morgan fingerprint density at radius 3 is 2.39 bits per heavy atom. The smallest absolute Gasteiger partial charge is 0.267 e. The molecule has 0 heterocycles. The highest BCUT2D eigenvalue weighted by Crippen LogP contribution is 2.17. The van der Waals surface area contributed by atoms with Gasteiger partial charge in [0.2, 0.25) is 0 Å². The highest BCUT2D eigenvalue weighted by Gasteiger charge is 2.17. The summed E-state index contributed by atoms with van der Waals surface area (Å²) in [7, 11) is 1.46. The molecule has 146 valence electrons. The fourth-order valence-corrected chi connectivity index (χ4v) is 2.43. The first kappa shape index (κ1) is 20.7. The summed E-state index contributed by atoms with van der Waals surface area (Å²) in [6.07, 6.45) is 1.61. The van der Waals surface area contributed by atoms with E-state index in [1.165, 1.54) is 7.11 Å². The second kappa shape index (κ2) is 10.5. The van der Waals surface area contributed by atoms with Gasteiger partial charge in [0.15, 0.2) is 0 Å². The number of para-hydroxylation sites is 1. The lowest BCUT2D eigenvalue weighted by atomic mass is 10.1. The molecule has 0 fully saturated rings. The Balaban J connectivity index is 2.18. The molecule has 0 saturated heterocycles. The van der Waals surface area contributed by atoms with Crippen LogP contribution >= 0.6 is 0 Å². The normalized spacial score (nSPS) is 10.8. The van der Waals surface area contributed by atoms with Crippen LogP contribution in [0.5, 0.6) is 5.75 Å². The number of carboxylic acids is 1. The number of benzene rings is 2. The van der Waals surface area contributed by atoms with E-state index >= 15 is 0 Å². The average Bonchev–Trinajstić information content (AvgIpc) is 2.71. The molecule has 2 rings (SSSR count). The van der Waals surface area contributed by atoms with Crippen LogP contribution < -0.4 is 20.5 Å². The van der Waals surface area contributed by atoms with E-state index < -0.39 is 17.8 Å². The van der Waals surface area contributed by atoms with Crippen LogP contribution in [-0.4, -0.2) is 31.4 Å². The fraction of sp³-hybridized carbons (Fsp3) is 0.190. The number of methoxy groups -OCH3 is 1. The molecule has 0 spiro atoms. The third-order valence-corrected chi connectivity index (χ3v) is 3.80. The summed E-state index contributed by atoms with van der Waals surface area (Å²) in [5.74, 6) is -1.82. The summed E-state index contributed by atoms with van der Waals surface area (Å²) in [4.78, 5) is 35.7. The van der Waals surface area contributed by atoms with Crippen LogP contribution in [0.3, 0.4) is 0 Å². The van der Waals surface area contributed by atoms with Gasteiger partial charge >= 0.3 is 0 Å². The highest BCUT2D eigenvalue weighted by atomic mass is 16.5. The van der Waals surface area contributed by atoms with Gasteiger partial charge in [-0.3, -0.25) is 9.59 Å². The van der Waals surface area contributed by atoms with Crippen molar-refractivity contribution in [1.29, 1.82) is 0 Å². The average molecular weight is 381 g/mol. The molecule has 2 N–H and O–H groups in total. The van der Waals surface area contributed by atoms with E-state index in [0.717, 1.165) is 5.56 Å². The Morgan fingerprint density at radius 1 is 1.04 bits per heavy atom. The molecular weight excluding hydrogens is 360 g/mol. The third-order valence-electron chi connectivity index (χ3n) is 3.80. The topological polar surface area (TPSA) is 108 Å². The van der Waals surface area contributed by atoms with Crippen molar-refractivity contribution in [2.24, 2.45) is 0 Å². The molecule has 2 aromatic rings. The zero-order chi connectivity index (χ0) is 20.4. The summed E-state index contributed by atoms with van der Waals surface area (Å²) in [6.45, 7) is 0.142. The number of amides is 2. The van der Waals surface area contributed by atoms with Crippen LogP contribution in [0.15, 0.2) is 60.3 Å². The molecule has 0 aromatic heterocycles. The third kappa shape index (κ3) is 6.28. The molecule has 7 nitrogen and oxygen atoms in total. The van der Waals surface area contributed by atoms with Crippen molar-refractivity contribution in [3.63, 3.8) is 0 Å². The monoisotopic (exact) mass is 381 g/mol. The van der Waals surface area contributed by atoms with Gasteiger partial charge in [0.25, 0.3) is 11.8 Å². The Hall–Kier alpha value is -3.61. The summed E-state index contributed by atoms with van der Waals surface area (Å²) in [5.41, 5.74) is 1.05. The summed E-state index contributed by atoms with van der Waals surface area (Å²) < 4.78 is 5.19. The number of carbonyl (C=O) groups is 3. The molecule has 0 saturated carbocycles. The maximum absolute atomic E-state index is 12.7. The Kier molecular flexibility index (Phi) is 7.77. The minimum Gasteiger partial charge on any atom is -0.550 e. The molecule has 0 bridgehead atoms. The van der Waals surface area contributed by atoms with Crippen molar-refractivity contribution in [1.82, 2.24) is 10.6 Å². The molecule has 2 aromatic carbocycles. The maximum Gasteiger partial charge on any atom is 0.267 e. The van der Waals surface area contributed by atoms with Gasteiger partial charge in [0.05, 0.1) is 12.7 Å². The van der Waals surface area contributed by atoms with Crippen LogP contribution in [0, 0.1) is 0 Å². The molecule has 7 heteroatoms. The van der Waals surface area contributed by atoms with E-state index in [-0.39, 0.29) is 30.6 Å². The highest BCUT2D eigenvalue weighted by molar-refractivity contribution is 6.06. The molecule has 28 heavy (non-hydrogen) atoms. The van der Waals surface area contributed by atoms with E-state index in [4.69, 9.17) is 4.74 Å². The fourth-order valence-electron chi connectivity index (χ4n) is 2.43. The summed E-state index contributed by atoms with van der Waals surface area (Å²) in [5, 5.41) is 15.7. The van der Waals surface area contributed by atoms with Crippen molar-refractivity contribution in [3.05, 3.63) is 71.4 Å². The molecule has 0 atom stereocenters. The predicted octanol–water partition coefficient (Wildman–Crippen LogP) is 1.11. The molecule has 0 aliphatic rings. The van der Waals surface area contributed by atoms with Gasteiger partial charge in [-0.2, -0.15) is 0 Å². The van der Waals surface area contributed by atoms with Crippen molar-refractivity contribution >= 4 is 23.9 Å². The lowest BCUT2D eigenvalue weighted by Crippen LogP contribution is -2.35. The number of aliphatic carboxylic acids is 1. The number of rotatable bonds is 9. The Morgan fingerprint density at radius 2 is 1.71 bits per heavy atom. The second-order valence-electron chi connectivity index (χ2n) is 5.85. The largest absolute Gasteiger partial charge is 0.550 e. The predicted molar refractivity (Wildman–Crippen MR) is 102 cm³/mol. The molecule has 0 unspecified atom stereocenters. The van der Waals surface area contributed by atoms with E-state index in [0.29, 0.717) is 5.75 Å². The van der Waals surface area contributed by atoms with Crippen LogP contribution in [-0.2, 0) is 9.59 Å². The van der Waals surface area contributed by atoms with Gasteiger partial charge in [0.1, 0.15) is 11.4 Å². The molecular formula is C21H21N2O5-. The number of carboxylic acid groups (broad SMARTS) is 1. The lowest BCUT2D eigenvalue weighted by Gasteiger charge is -2.13. The first-order valence-electron chi connectivity index (χ1n) is 8.70.